The fourth-order valence-electron chi connectivity index (χ4n) is 4.29. The molecule has 1 atom stereocenters. The first kappa shape index (κ1) is 24.1. The summed E-state index contributed by atoms with van der Waals surface area (Å²) in [6.07, 6.45) is 2.34. The summed E-state index contributed by atoms with van der Waals surface area (Å²) < 4.78 is 46.9. The highest BCUT2D eigenvalue weighted by Gasteiger charge is 2.30. The third kappa shape index (κ3) is 5.53. The van der Waals surface area contributed by atoms with E-state index in [1.165, 1.54) is 25.3 Å². The zero-order chi connectivity index (χ0) is 24.3. The van der Waals surface area contributed by atoms with Gasteiger partial charge in [0.1, 0.15) is 5.82 Å². The number of rotatable bonds is 7. The summed E-state index contributed by atoms with van der Waals surface area (Å²) in [6, 6.07) is 13.9. The zero-order valence-corrected chi connectivity index (χ0v) is 19.9. The van der Waals surface area contributed by atoms with Gasteiger partial charge in [-0.05, 0) is 74.6 Å². The Hall–Kier alpha value is -3.04. The summed E-state index contributed by atoms with van der Waals surface area (Å²) in [5.74, 6) is -0.0845. The lowest BCUT2D eigenvalue weighted by Crippen LogP contribution is -2.41. The number of ether oxygens (including phenoxy) is 1. The predicted octanol–water partition coefficient (Wildman–Crippen LogP) is 4.10. The molecule has 1 heterocycles. The van der Waals surface area contributed by atoms with Crippen LogP contribution in [0.15, 0.2) is 59.5 Å². The highest BCUT2D eigenvalue weighted by molar-refractivity contribution is 7.89. The maximum Gasteiger partial charge on any atom is 0.240 e. The lowest BCUT2D eigenvalue weighted by Gasteiger charge is -2.29. The van der Waals surface area contributed by atoms with Crippen LogP contribution in [0.1, 0.15) is 44.2 Å². The number of amides is 1. The highest BCUT2D eigenvalue weighted by Crippen LogP contribution is 2.27. The Labute approximate surface area is 198 Å². The molecule has 1 aromatic heterocycles. The molecule has 1 fully saturated rings. The van der Waals surface area contributed by atoms with E-state index in [9.17, 15) is 17.6 Å². The van der Waals surface area contributed by atoms with Crippen molar-refractivity contribution in [1.82, 2.24) is 15.0 Å². The van der Waals surface area contributed by atoms with Crippen LogP contribution >= 0.6 is 0 Å². The summed E-state index contributed by atoms with van der Waals surface area (Å²) in [6.45, 7) is 1.86. The van der Waals surface area contributed by atoms with Gasteiger partial charge in [-0.2, -0.15) is 0 Å². The van der Waals surface area contributed by atoms with Crippen LogP contribution in [0.5, 0.6) is 5.88 Å². The topological polar surface area (TPSA) is 97.4 Å². The molecular formula is C25H28FN3O4S. The molecule has 3 aromatic rings. The average Bonchev–Trinajstić information content (AvgIpc) is 2.83. The Bertz CT molecular complexity index is 1270. The second-order valence-corrected chi connectivity index (χ2v) is 10.4. The SMILES string of the molecule is COc1ccc2cc(S(=O)(=O)NC3CCC(C(=O)N[C@H](C)c4ccc(F)cc4)CC3)ccc2n1. The number of hydrogen-bond acceptors (Lipinski definition) is 5. The molecule has 0 saturated heterocycles. The van der Waals surface area contributed by atoms with Crippen LogP contribution in [-0.4, -0.2) is 32.5 Å². The quantitative estimate of drug-likeness (QED) is 0.525. The lowest BCUT2D eigenvalue weighted by molar-refractivity contribution is -0.126. The normalized spacial score (nSPS) is 19.5. The molecule has 0 aliphatic heterocycles. The van der Waals surface area contributed by atoms with Gasteiger partial charge in [0, 0.05) is 23.4 Å². The fourth-order valence-corrected chi connectivity index (χ4v) is 5.63. The van der Waals surface area contributed by atoms with Gasteiger partial charge in [0.15, 0.2) is 0 Å². The van der Waals surface area contributed by atoms with E-state index < -0.39 is 10.0 Å². The molecule has 0 unspecified atom stereocenters. The molecule has 1 aliphatic rings. The molecule has 2 N–H and O–H groups in total. The Balaban J connectivity index is 1.33. The van der Waals surface area contributed by atoms with Gasteiger partial charge in [0.05, 0.1) is 23.6 Å². The monoisotopic (exact) mass is 485 g/mol. The molecule has 2 aromatic carbocycles. The maximum absolute atomic E-state index is 13.1. The number of aromatic nitrogens is 1. The van der Waals surface area contributed by atoms with Crippen LogP contribution in [0.2, 0.25) is 0 Å². The van der Waals surface area contributed by atoms with Crippen molar-refractivity contribution in [2.45, 2.75) is 49.6 Å². The van der Waals surface area contributed by atoms with Crippen molar-refractivity contribution in [1.29, 1.82) is 0 Å². The van der Waals surface area contributed by atoms with Crippen molar-refractivity contribution in [2.24, 2.45) is 5.92 Å². The average molecular weight is 486 g/mol. The minimum absolute atomic E-state index is 0.0596. The summed E-state index contributed by atoms with van der Waals surface area (Å²) in [5.41, 5.74) is 1.49. The number of halogens is 1. The van der Waals surface area contributed by atoms with E-state index in [1.54, 1.807) is 36.4 Å². The first-order valence-electron chi connectivity index (χ1n) is 11.3. The molecule has 4 rings (SSSR count). The first-order chi connectivity index (χ1) is 16.2. The van der Waals surface area contributed by atoms with Gasteiger partial charge in [-0.1, -0.05) is 12.1 Å². The second kappa shape index (κ2) is 10.1. The van der Waals surface area contributed by atoms with E-state index in [4.69, 9.17) is 4.74 Å². The maximum atomic E-state index is 13.1. The number of benzene rings is 2. The van der Waals surface area contributed by atoms with Gasteiger partial charge >= 0.3 is 0 Å². The predicted molar refractivity (Wildman–Crippen MR) is 127 cm³/mol. The number of pyridine rings is 1. The number of hydrogen-bond donors (Lipinski definition) is 2. The minimum atomic E-state index is -3.70. The standard InChI is InChI=1S/C25H28FN3O4S/c1-16(17-3-8-20(26)9-4-17)27-25(30)18-5-10-21(11-6-18)29-34(31,32)22-12-13-23-19(15-22)7-14-24(28-23)33-2/h3-4,7-9,12-16,18,21,29H,5-6,10-11H2,1-2H3,(H,27,30)/t16-,18?,21?/m1/s1. The van der Waals surface area contributed by atoms with Gasteiger partial charge < -0.3 is 10.1 Å². The van der Waals surface area contributed by atoms with E-state index in [-0.39, 0.29) is 34.6 Å². The molecule has 1 saturated carbocycles. The highest BCUT2D eigenvalue weighted by atomic mass is 32.2. The molecule has 34 heavy (non-hydrogen) atoms. The number of carbonyl (C=O) groups excluding carboxylic acids is 1. The zero-order valence-electron chi connectivity index (χ0n) is 19.1. The molecule has 1 amide bonds. The molecule has 0 spiro atoms. The molecule has 180 valence electrons. The van der Waals surface area contributed by atoms with E-state index in [1.807, 2.05) is 6.92 Å². The Morgan fingerprint density at radius 3 is 2.44 bits per heavy atom. The number of fused-ring (bicyclic) bond motifs is 1. The number of nitrogens with zero attached hydrogens (tertiary/aromatic N) is 1. The lowest BCUT2D eigenvalue weighted by atomic mass is 9.85. The largest absolute Gasteiger partial charge is 0.481 e. The van der Waals surface area contributed by atoms with Gasteiger partial charge in [-0.15, -0.1) is 0 Å². The van der Waals surface area contributed by atoms with Crippen LogP contribution in [0.25, 0.3) is 10.9 Å². The van der Waals surface area contributed by atoms with Gasteiger partial charge in [0.25, 0.3) is 0 Å². The van der Waals surface area contributed by atoms with Crippen LogP contribution in [0, 0.1) is 11.7 Å². The van der Waals surface area contributed by atoms with Gasteiger partial charge in [0.2, 0.25) is 21.8 Å². The minimum Gasteiger partial charge on any atom is -0.481 e. The van der Waals surface area contributed by atoms with Crippen LogP contribution in [0.4, 0.5) is 4.39 Å². The van der Waals surface area contributed by atoms with Crippen molar-refractivity contribution in [3.8, 4) is 5.88 Å². The summed E-state index contributed by atoms with van der Waals surface area (Å²) >= 11 is 0. The fraction of sp³-hybridized carbons (Fsp3) is 0.360. The number of methoxy groups -OCH3 is 1. The van der Waals surface area contributed by atoms with Crippen molar-refractivity contribution >= 4 is 26.8 Å². The summed E-state index contributed by atoms with van der Waals surface area (Å²) in [5, 5.41) is 3.69. The molecule has 1 aliphatic carbocycles. The van der Waals surface area contributed by atoms with E-state index >= 15 is 0 Å². The van der Waals surface area contributed by atoms with Gasteiger partial charge in [-0.3, -0.25) is 4.79 Å². The van der Waals surface area contributed by atoms with Crippen LogP contribution in [-0.2, 0) is 14.8 Å². The summed E-state index contributed by atoms with van der Waals surface area (Å²) in [4.78, 5) is 17.2. The molecule has 0 radical (unpaired) electrons. The molecular weight excluding hydrogens is 457 g/mol. The summed E-state index contributed by atoms with van der Waals surface area (Å²) in [7, 11) is -2.17. The Morgan fingerprint density at radius 1 is 1.06 bits per heavy atom. The van der Waals surface area contributed by atoms with Gasteiger partial charge in [-0.25, -0.2) is 22.5 Å². The number of nitrogens with one attached hydrogen (secondary N) is 2. The third-order valence-electron chi connectivity index (χ3n) is 6.30. The van der Waals surface area contributed by atoms with Crippen LogP contribution in [0.3, 0.4) is 0 Å². The van der Waals surface area contributed by atoms with E-state index in [2.05, 4.69) is 15.0 Å². The van der Waals surface area contributed by atoms with Crippen LogP contribution < -0.4 is 14.8 Å². The first-order valence-corrected chi connectivity index (χ1v) is 12.8. The number of sulfonamides is 1. The van der Waals surface area contributed by atoms with E-state index in [0.717, 1.165) is 5.56 Å². The Kier molecular flexibility index (Phi) is 7.13. The van der Waals surface area contributed by atoms with E-state index in [0.29, 0.717) is 42.5 Å². The third-order valence-corrected chi connectivity index (χ3v) is 7.82. The number of carbonyl (C=O) groups is 1. The second-order valence-electron chi connectivity index (χ2n) is 8.66. The molecule has 7 nitrogen and oxygen atoms in total. The van der Waals surface area contributed by atoms with Crippen molar-refractivity contribution in [3.63, 3.8) is 0 Å². The molecule has 9 heteroatoms. The molecule has 0 bridgehead atoms. The van der Waals surface area contributed by atoms with Crippen molar-refractivity contribution in [3.05, 3.63) is 66.0 Å². The smallest absolute Gasteiger partial charge is 0.240 e. The van der Waals surface area contributed by atoms with Crippen molar-refractivity contribution in [2.75, 3.05) is 7.11 Å². The Morgan fingerprint density at radius 2 is 1.76 bits per heavy atom. The van der Waals surface area contributed by atoms with Crippen molar-refractivity contribution < 1.29 is 22.3 Å².